The highest BCUT2D eigenvalue weighted by Gasteiger charge is 2.31. The van der Waals surface area contributed by atoms with Gasteiger partial charge in [0, 0.05) is 19.3 Å². The van der Waals surface area contributed by atoms with Crippen molar-refractivity contribution in [3.05, 3.63) is 23.9 Å². The molecule has 0 aliphatic carbocycles. The molecule has 1 amide bonds. The van der Waals surface area contributed by atoms with Crippen molar-refractivity contribution in [1.29, 1.82) is 0 Å². The summed E-state index contributed by atoms with van der Waals surface area (Å²) in [5.41, 5.74) is -0.500. The van der Waals surface area contributed by atoms with Gasteiger partial charge in [0.15, 0.2) is 10.8 Å². The van der Waals surface area contributed by atoms with Crippen molar-refractivity contribution in [3.8, 4) is 0 Å². The number of fused-ring (bicyclic) bond motifs is 1. The fraction of sp³-hybridized carbons (Fsp3) is 0.533. The number of hydrogen-bond acceptors (Lipinski definition) is 5. The summed E-state index contributed by atoms with van der Waals surface area (Å²) in [6.07, 6.45) is -1.58. The molecule has 3 heterocycles. The third-order valence-electron chi connectivity index (χ3n) is 3.88. The summed E-state index contributed by atoms with van der Waals surface area (Å²) in [4.78, 5) is 12.2. The second kappa shape index (κ2) is 7.20. The number of hydrogen-bond donors (Lipinski definition) is 1. The van der Waals surface area contributed by atoms with Crippen molar-refractivity contribution in [1.82, 2.24) is 19.9 Å². The SMILES string of the molecule is C[C@@H](Sc1nnc2ccc(C(F)(F)F)cn12)C(=O)NC[C@@H]1CCCO1. The number of ether oxygens (including phenoxy) is 1. The first-order chi connectivity index (χ1) is 11.8. The summed E-state index contributed by atoms with van der Waals surface area (Å²) in [6.45, 7) is 2.81. The van der Waals surface area contributed by atoms with Crippen LogP contribution in [0, 0.1) is 0 Å². The van der Waals surface area contributed by atoms with Crippen LogP contribution in [0.1, 0.15) is 25.3 Å². The Labute approximate surface area is 146 Å². The van der Waals surface area contributed by atoms with Gasteiger partial charge in [-0.25, -0.2) is 0 Å². The monoisotopic (exact) mass is 374 g/mol. The maximum Gasteiger partial charge on any atom is 0.417 e. The molecule has 25 heavy (non-hydrogen) atoms. The van der Waals surface area contributed by atoms with Crippen molar-refractivity contribution in [3.63, 3.8) is 0 Å². The number of carbonyl (C=O) groups is 1. The molecular weight excluding hydrogens is 357 g/mol. The molecule has 0 bridgehead atoms. The molecule has 2 aromatic heterocycles. The highest BCUT2D eigenvalue weighted by molar-refractivity contribution is 8.00. The van der Waals surface area contributed by atoms with Crippen LogP contribution in [-0.2, 0) is 15.7 Å². The van der Waals surface area contributed by atoms with Crippen molar-refractivity contribution in [2.75, 3.05) is 13.2 Å². The number of carbonyl (C=O) groups excluding carboxylic acids is 1. The Morgan fingerprint density at radius 1 is 1.48 bits per heavy atom. The largest absolute Gasteiger partial charge is 0.417 e. The van der Waals surface area contributed by atoms with E-state index in [-0.39, 0.29) is 17.2 Å². The first-order valence-corrected chi connectivity index (χ1v) is 8.70. The highest BCUT2D eigenvalue weighted by Crippen LogP contribution is 2.30. The molecule has 6 nitrogen and oxygen atoms in total. The standard InChI is InChI=1S/C15H17F3N4O2S/c1-9(13(23)19-7-11-3-2-6-24-11)25-14-21-20-12-5-4-10(8-22(12)14)15(16,17)18/h4-5,8-9,11H,2-3,6-7H2,1H3,(H,19,23)/t9-,11+/m1/s1. The van der Waals surface area contributed by atoms with Gasteiger partial charge in [0.05, 0.1) is 16.9 Å². The molecule has 2 atom stereocenters. The lowest BCUT2D eigenvalue weighted by Crippen LogP contribution is -2.36. The maximum absolute atomic E-state index is 12.9. The molecule has 136 valence electrons. The van der Waals surface area contributed by atoms with Gasteiger partial charge in [0.2, 0.25) is 5.91 Å². The zero-order chi connectivity index (χ0) is 18.0. The number of halogens is 3. The maximum atomic E-state index is 12.9. The van der Waals surface area contributed by atoms with Gasteiger partial charge >= 0.3 is 6.18 Å². The van der Waals surface area contributed by atoms with Crippen LogP contribution in [0.4, 0.5) is 13.2 Å². The molecule has 10 heteroatoms. The number of alkyl halides is 3. The first-order valence-electron chi connectivity index (χ1n) is 7.82. The van der Waals surface area contributed by atoms with E-state index in [9.17, 15) is 18.0 Å². The van der Waals surface area contributed by atoms with Gasteiger partial charge < -0.3 is 10.1 Å². The van der Waals surface area contributed by atoms with Crippen LogP contribution in [0.5, 0.6) is 0 Å². The molecular formula is C15H17F3N4O2S. The Morgan fingerprint density at radius 2 is 2.28 bits per heavy atom. The van der Waals surface area contributed by atoms with Gasteiger partial charge in [-0.3, -0.25) is 9.20 Å². The first kappa shape index (κ1) is 18.0. The van der Waals surface area contributed by atoms with Crippen LogP contribution in [0.15, 0.2) is 23.5 Å². The third kappa shape index (κ3) is 4.24. The highest BCUT2D eigenvalue weighted by atomic mass is 32.2. The molecule has 1 N–H and O–H groups in total. The van der Waals surface area contributed by atoms with E-state index in [4.69, 9.17) is 4.74 Å². The molecule has 1 saturated heterocycles. The normalized spacial score (nSPS) is 19.3. The number of pyridine rings is 1. The second-order valence-electron chi connectivity index (χ2n) is 5.77. The van der Waals surface area contributed by atoms with E-state index in [0.717, 1.165) is 36.9 Å². The molecule has 1 fully saturated rings. The fourth-order valence-electron chi connectivity index (χ4n) is 2.49. The van der Waals surface area contributed by atoms with E-state index in [2.05, 4.69) is 15.5 Å². The molecule has 0 radical (unpaired) electrons. The van der Waals surface area contributed by atoms with Crippen molar-refractivity contribution in [2.24, 2.45) is 0 Å². The average Bonchev–Trinajstić information content (AvgIpc) is 3.21. The van der Waals surface area contributed by atoms with E-state index in [0.29, 0.717) is 18.8 Å². The zero-order valence-corrected chi connectivity index (χ0v) is 14.2. The molecule has 0 saturated carbocycles. The van der Waals surface area contributed by atoms with Gasteiger partial charge in [-0.2, -0.15) is 13.2 Å². The molecule has 3 rings (SSSR count). The number of aromatic nitrogens is 3. The van der Waals surface area contributed by atoms with Crippen molar-refractivity contribution < 1.29 is 22.7 Å². The molecule has 1 aliphatic rings. The Bertz CT molecular complexity index is 759. The summed E-state index contributed by atoms with van der Waals surface area (Å²) < 4.78 is 45.3. The van der Waals surface area contributed by atoms with Crippen LogP contribution in [0.2, 0.25) is 0 Å². The predicted octanol–water partition coefficient (Wildman–Crippen LogP) is 2.52. The number of nitrogens with one attached hydrogen (secondary N) is 1. The zero-order valence-electron chi connectivity index (χ0n) is 13.4. The van der Waals surface area contributed by atoms with Gasteiger partial charge in [-0.05, 0) is 31.9 Å². The minimum Gasteiger partial charge on any atom is -0.376 e. The van der Waals surface area contributed by atoms with Crippen LogP contribution < -0.4 is 5.32 Å². The van der Waals surface area contributed by atoms with Gasteiger partial charge in [0.1, 0.15) is 0 Å². The molecule has 1 aliphatic heterocycles. The smallest absolute Gasteiger partial charge is 0.376 e. The Kier molecular flexibility index (Phi) is 5.19. The number of amides is 1. The van der Waals surface area contributed by atoms with E-state index in [1.54, 1.807) is 6.92 Å². The van der Waals surface area contributed by atoms with E-state index < -0.39 is 17.0 Å². The second-order valence-corrected chi connectivity index (χ2v) is 7.07. The van der Waals surface area contributed by atoms with Gasteiger partial charge in [-0.15, -0.1) is 10.2 Å². The minimum absolute atomic E-state index is 0.0319. The number of rotatable bonds is 5. The Hall–Kier alpha value is -1.81. The topological polar surface area (TPSA) is 68.5 Å². The number of thioether (sulfide) groups is 1. The molecule has 0 aromatic carbocycles. The third-order valence-corrected chi connectivity index (χ3v) is 4.93. The summed E-state index contributed by atoms with van der Waals surface area (Å²) in [6, 6.07) is 2.21. The van der Waals surface area contributed by atoms with Crippen LogP contribution in [0.3, 0.4) is 0 Å². The Morgan fingerprint density at radius 3 is 2.96 bits per heavy atom. The fourth-order valence-corrected chi connectivity index (χ4v) is 3.35. The van der Waals surface area contributed by atoms with Crippen molar-refractivity contribution >= 4 is 23.3 Å². The molecule has 0 spiro atoms. The summed E-state index contributed by atoms with van der Waals surface area (Å²) in [7, 11) is 0. The number of nitrogens with zero attached hydrogens (tertiary/aromatic N) is 3. The van der Waals surface area contributed by atoms with E-state index in [1.807, 2.05) is 0 Å². The minimum atomic E-state index is -4.45. The summed E-state index contributed by atoms with van der Waals surface area (Å²) >= 11 is 1.06. The lowest BCUT2D eigenvalue weighted by Gasteiger charge is -2.14. The predicted molar refractivity (Wildman–Crippen MR) is 85.3 cm³/mol. The summed E-state index contributed by atoms with van der Waals surface area (Å²) in [5.74, 6) is -0.218. The van der Waals surface area contributed by atoms with Crippen molar-refractivity contribution in [2.45, 2.75) is 42.5 Å². The van der Waals surface area contributed by atoms with Crippen LogP contribution in [0.25, 0.3) is 5.65 Å². The van der Waals surface area contributed by atoms with E-state index in [1.165, 1.54) is 10.5 Å². The van der Waals surface area contributed by atoms with E-state index >= 15 is 0 Å². The lowest BCUT2D eigenvalue weighted by molar-refractivity contribution is -0.137. The average molecular weight is 374 g/mol. The molecule has 0 unspecified atom stereocenters. The molecule has 2 aromatic rings. The summed E-state index contributed by atoms with van der Waals surface area (Å²) in [5, 5.41) is 10.2. The van der Waals surface area contributed by atoms with Gasteiger partial charge in [-0.1, -0.05) is 11.8 Å². The van der Waals surface area contributed by atoms with Crippen LogP contribution in [-0.4, -0.2) is 45.0 Å². The quantitative estimate of drug-likeness (QED) is 0.815. The Balaban J connectivity index is 1.67. The lowest BCUT2D eigenvalue weighted by atomic mass is 10.2. The van der Waals surface area contributed by atoms with Gasteiger partial charge in [0.25, 0.3) is 0 Å². The van der Waals surface area contributed by atoms with Crippen LogP contribution >= 0.6 is 11.8 Å².